The molecular formula is C58H35N3OS. The molecule has 0 amide bonds. The Morgan fingerprint density at radius 3 is 1.78 bits per heavy atom. The van der Waals surface area contributed by atoms with Gasteiger partial charge in [0, 0.05) is 47.6 Å². The second-order valence-corrected chi connectivity index (χ2v) is 17.3. The molecule has 0 N–H and O–H groups in total. The lowest BCUT2D eigenvalue weighted by Crippen LogP contribution is -2.28. The van der Waals surface area contributed by atoms with Crippen molar-refractivity contribution in [3.63, 3.8) is 0 Å². The molecule has 0 atom stereocenters. The summed E-state index contributed by atoms with van der Waals surface area (Å²) in [6, 6.07) is 75.6. The number of fused-ring (bicyclic) bond motifs is 9. The van der Waals surface area contributed by atoms with Gasteiger partial charge in [-0.25, -0.2) is 15.0 Å². The van der Waals surface area contributed by atoms with Crippen molar-refractivity contribution in [2.24, 2.45) is 0 Å². The van der Waals surface area contributed by atoms with Crippen LogP contribution in [-0.4, -0.2) is 15.0 Å². The number of benzene rings is 9. The van der Waals surface area contributed by atoms with Gasteiger partial charge < -0.3 is 4.42 Å². The Morgan fingerprint density at radius 2 is 0.937 bits per heavy atom. The van der Waals surface area contributed by atoms with Gasteiger partial charge in [-0.15, -0.1) is 11.3 Å². The van der Waals surface area contributed by atoms with Gasteiger partial charge in [-0.1, -0.05) is 176 Å². The summed E-state index contributed by atoms with van der Waals surface area (Å²) in [4.78, 5) is 16.3. The van der Waals surface area contributed by atoms with Crippen LogP contribution in [0.4, 0.5) is 0 Å². The average molecular weight is 822 g/mol. The van der Waals surface area contributed by atoms with Gasteiger partial charge in [0.05, 0.1) is 5.41 Å². The number of hydrogen-bond donors (Lipinski definition) is 0. The molecule has 0 saturated heterocycles. The minimum Gasteiger partial charge on any atom is -0.456 e. The predicted octanol–water partition coefficient (Wildman–Crippen LogP) is 15.2. The summed E-state index contributed by atoms with van der Waals surface area (Å²) in [6.07, 6.45) is 0. The normalized spacial score (nSPS) is 12.9. The van der Waals surface area contributed by atoms with Crippen LogP contribution in [0.25, 0.3) is 98.5 Å². The molecule has 3 heterocycles. The van der Waals surface area contributed by atoms with E-state index >= 15 is 0 Å². The van der Waals surface area contributed by atoms with Crippen molar-refractivity contribution < 1.29 is 4.42 Å². The lowest BCUT2D eigenvalue weighted by atomic mass is 9.67. The maximum atomic E-state index is 6.19. The molecule has 13 rings (SSSR count). The Bertz CT molecular complexity index is 3720. The van der Waals surface area contributed by atoms with Crippen LogP contribution in [0, 0.1) is 0 Å². The highest BCUT2D eigenvalue weighted by Crippen LogP contribution is 2.58. The third-order valence-corrected chi connectivity index (χ3v) is 14.1. The van der Waals surface area contributed by atoms with Crippen molar-refractivity contribution in [1.82, 2.24) is 15.0 Å². The molecule has 3 aromatic heterocycles. The SMILES string of the molecule is c1ccc(C2(c3ccccc3)c3ccccc3-c3c(-c4nc(-c5cccc(-c6ccc7oc8ccccc8c7c6)c5)nc(-c5cccc6c5sc5ccccc56)n4)cccc32)cc1. The number of rotatable bonds is 6. The van der Waals surface area contributed by atoms with E-state index in [4.69, 9.17) is 19.4 Å². The van der Waals surface area contributed by atoms with Gasteiger partial charge >= 0.3 is 0 Å². The number of aromatic nitrogens is 3. The molecule has 0 radical (unpaired) electrons. The summed E-state index contributed by atoms with van der Waals surface area (Å²) in [5, 5.41) is 4.63. The molecule has 0 spiro atoms. The first-order valence-corrected chi connectivity index (χ1v) is 22.1. The Hall–Kier alpha value is -7.99. The zero-order valence-electron chi connectivity index (χ0n) is 33.9. The molecule has 0 fully saturated rings. The summed E-state index contributed by atoms with van der Waals surface area (Å²) >= 11 is 1.79. The second kappa shape index (κ2) is 14.0. The van der Waals surface area contributed by atoms with Crippen LogP contribution in [0.15, 0.2) is 217 Å². The first-order chi connectivity index (χ1) is 31.2. The quantitative estimate of drug-likeness (QED) is 0.168. The Morgan fingerprint density at radius 1 is 0.365 bits per heavy atom. The minimum atomic E-state index is -0.554. The lowest BCUT2D eigenvalue weighted by Gasteiger charge is -2.33. The number of nitrogens with zero attached hydrogens (tertiary/aromatic N) is 3. The van der Waals surface area contributed by atoms with Gasteiger partial charge in [-0.05, 0) is 80.9 Å². The van der Waals surface area contributed by atoms with Crippen LogP contribution < -0.4 is 0 Å². The van der Waals surface area contributed by atoms with Crippen LogP contribution in [0.1, 0.15) is 22.3 Å². The summed E-state index contributed by atoms with van der Waals surface area (Å²) in [7, 11) is 0. The van der Waals surface area contributed by atoms with E-state index in [0.29, 0.717) is 17.5 Å². The highest BCUT2D eigenvalue weighted by atomic mass is 32.1. The van der Waals surface area contributed by atoms with Crippen molar-refractivity contribution in [1.29, 1.82) is 0 Å². The molecule has 0 unspecified atom stereocenters. The predicted molar refractivity (Wildman–Crippen MR) is 259 cm³/mol. The van der Waals surface area contributed by atoms with Crippen LogP contribution >= 0.6 is 11.3 Å². The van der Waals surface area contributed by atoms with Crippen molar-refractivity contribution >= 4 is 53.4 Å². The molecule has 294 valence electrons. The molecule has 12 aromatic rings. The first kappa shape index (κ1) is 35.7. The van der Waals surface area contributed by atoms with E-state index in [1.54, 1.807) is 11.3 Å². The minimum absolute atomic E-state index is 0.554. The molecule has 63 heavy (non-hydrogen) atoms. The van der Waals surface area contributed by atoms with Crippen molar-refractivity contribution in [2.75, 3.05) is 0 Å². The second-order valence-electron chi connectivity index (χ2n) is 16.2. The highest BCUT2D eigenvalue weighted by molar-refractivity contribution is 7.26. The molecule has 1 aliphatic carbocycles. The molecule has 4 nitrogen and oxygen atoms in total. The summed E-state index contributed by atoms with van der Waals surface area (Å²) < 4.78 is 8.58. The Labute approximate surface area is 367 Å². The number of thiophene rings is 1. The van der Waals surface area contributed by atoms with Crippen LogP contribution in [0.3, 0.4) is 0 Å². The Kier molecular flexibility index (Phi) is 7.96. The number of hydrogen-bond acceptors (Lipinski definition) is 5. The highest BCUT2D eigenvalue weighted by Gasteiger charge is 2.47. The summed E-state index contributed by atoms with van der Waals surface area (Å²) in [6.45, 7) is 0. The van der Waals surface area contributed by atoms with E-state index in [9.17, 15) is 0 Å². The van der Waals surface area contributed by atoms with E-state index in [1.165, 1.54) is 43.3 Å². The lowest BCUT2D eigenvalue weighted by molar-refractivity contribution is 0.669. The largest absolute Gasteiger partial charge is 0.456 e. The maximum Gasteiger partial charge on any atom is 0.165 e. The van der Waals surface area contributed by atoms with Gasteiger partial charge in [0.2, 0.25) is 0 Å². The van der Waals surface area contributed by atoms with Crippen molar-refractivity contribution in [3.8, 4) is 56.4 Å². The fourth-order valence-electron chi connectivity index (χ4n) is 10.1. The van der Waals surface area contributed by atoms with Crippen LogP contribution in [0.5, 0.6) is 0 Å². The average Bonchev–Trinajstić information content (AvgIpc) is 4.03. The zero-order valence-corrected chi connectivity index (χ0v) is 34.7. The summed E-state index contributed by atoms with van der Waals surface area (Å²) in [5.74, 6) is 1.89. The maximum absolute atomic E-state index is 6.19. The Balaban J connectivity index is 1.06. The standard InChI is InChI=1S/C58H35N3OS/c1-3-18-39(19-4-1)58(40-20-5-2-6-21-40)48-28-10-7-24-44(48)53-45(26-15-29-49(53)58)56-59-55(60-57(61-56)46-27-14-25-43-42-23-9-12-31-52(42)63-54(43)46)38-17-13-16-36(34-38)37-32-33-51-47(35-37)41-22-8-11-30-50(41)62-51/h1-35H. The zero-order chi connectivity index (χ0) is 41.5. The molecule has 1 aliphatic rings. The van der Waals surface area contributed by atoms with E-state index < -0.39 is 5.41 Å². The van der Waals surface area contributed by atoms with Gasteiger partial charge in [-0.2, -0.15) is 0 Å². The molecule has 5 heteroatoms. The van der Waals surface area contributed by atoms with Crippen LogP contribution in [0.2, 0.25) is 0 Å². The molecule has 0 bridgehead atoms. The summed E-state index contributed by atoms with van der Waals surface area (Å²) in [5.41, 5.74) is 13.4. The van der Waals surface area contributed by atoms with Gasteiger partial charge in [-0.3, -0.25) is 0 Å². The smallest absolute Gasteiger partial charge is 0.165 e. The van der Waals surface area contributed by atoms with Crippen LogP contribution in [-0.2, 0) is 5.41 Å². The number of furan rings is 1. The third-order valence-electron chi connectivity index (χ3n) is 12.8. The molecule has 0 aliphatic heterocycles. The van der Waals surface area contributed by atoms with E-state index in [1.807, 2.05) is 12.1 Å². The fraction of sp³-hybridized carbons (Fsp3) is 0.0172. The van der Waals surface area contributed by atoms with Crippen molar-refractivity contribution in [2.45, 2.75) is 5.41 Å². The fourth-order valence-corrected chi connectivity index (χ4v) is 11.3. The van der Waals surface area contributed by atoms with E-state index in [0.717, 1.165) is 60.0 Å². The number of para-hydroxylation sites is 1. The molecule has 9 aromatic carbocycles. The molecular weight excluding hydrogens is 787 g/mol. The van der Waals surface area contributed by atoms with Gasteiger partial charge in [0.15, 0.2) is 17.5 Å². The van der Waals surface area contributed by atoms with Gasteiger partial charge in [0.25, 0.3) is 0 Å². The first-order valence-electron chi connectivity index (χ1n) is 21.3. The van der Waals surface area contributed by atoms with Gasteiger partial charge in [0.1, 0.15) is 11.2 Å². The van der Waals surface area contributed by atoms with Crippen molar-refractivity contribution in [3.05, 3.63) is 235 Å². The third kappa shape index (κ3) is 5.43. The topological polar surface area (TPSA) is 51.8 Å². The van der Waals surface area contributed by atoms with E-state index in [2.05, 4.69) is 200 Å². The van der Waals surface area contributed by atoms with E-state index in [-0.39, 0.29) is 0 Å². The molecule has 0 saturated carbocycles. The monoisotopic (exact) mass is 821 g/mol.